The van der Waals surface area contributed by atoms with Crippen LogP contribution in [0.5, 0.6) is 0 Å². The van der Waals surface area contributed by atoms with Gasteiger partial charge in [0.15, 0.2) is 0 Å². The Balaban J connectivity index is 5.03. The van der Waals surface area contributed by atoms with Crippen molar-refractivity contribution in [3.05, 3.63) is 0 Å². The first kappa shape index (κ1) is 25.5. The largest absolute Gasteiger partial charge is 0.462 e. The summed E-state index contributed by atoms with van der Waals surface area (Å²) in [6.07, 6.45) is 10.4. The number of hydrogen-bond acceptors (Lipinski definition) is 2. The summed E-state index contributed by atoms with van der Waals surface area (Å²) in [7, 11) is 0. The van der Waals surface area contributed by atoms with Crippen molar-refractivity contribution in [1.82, 2.24) is 0 Å². The van der Waals surface area contributed by atoms with Crippen LogP contribution >= 0.6 is 0 Å². The summed E-state index contributed by atoms with van der Waals surface area (Å²) in [4.78, 5) is 13.0. The molecule has 2 heteroatoms. The molecule has 0 N–H and O–H groups in total. The molecule has 0 heterocycles. The third kappa shape index (κ3) is 9.42. The number of hydrogen-bond donors (Lipinski definition) is 0. The molecule has 0 aromatic carbocycles. The maximum atomic E-state index is 13.0. The third-order valence-corrected chi connectivity index (χ3v) is 6.12. The molecule has 0 aromatic rings. The van der Waals surface area contributed by atoms with Crippen LogP contribution in [0, 0.1) is 22.7 Å². The number of carbonyl (C=O) groups excluding carboxylic acids is 1. The smallest absolute Gasteiger partial charge is 0.309 e. The van der Waals surface area contributed by atoms with Crippen LogP contribution < -0.4 is 0 Å². The molecule has 0 amide bonds. The molecular formula is C24H48O2. The summed E-state index contributed by atoms with van der Waals surface area (Å²) in [5, 5.41) is 0. The number of unbranched alkanes of at least 4 members (excludes halogenated alkanes) is 4. The van der Waals surface area contributed by atoms with Crippen LogP contribution in [0.2, 0.25) is 0 Å². The molecule has 156 valence electrons. The molecule has 26 heavy (non-hydrogen) atoms. The molecule has 2 nitrogen and oxygen atoms in total. The number of carbonyl (C=O) groups is 1. The van der Waals surface area contributed by atoms with Crippen LogP contribution in [0.3, 0.4) is 0 Å². The Morgan fingerprint density at radius 2 is 1.31 bits per heavy atom. The fraction of sp³-hybridized carbons (Fsp3) is 0.958. The molecule has 0 fully saturated rings. The van der Waals surface area contributed by atoms with Gasteiger partial charge in [0, 0.05) is 0 Å². The fourth-order valence-corrected chi connectivity index (χ4v) is 4.04. The predicted octanol–water partition coefficient (Wildman–Crippen LogP) is 7.79. The summed E-state index contributed by atoms with van der Waals surface area (Å²) < 4.78 is 6.08. The van der Waals surface area contributed by atoms with E-state index in [9.17, 15) is 4.79 Å². The molecule has 0 saturated heterocycles. The molecule has 0 bridgehead atoms. The maximum absolute atomic E-state index is 13.0. The lowest BCUT2D eigenvalue weighted by Gasteiger charge is -2.43. The van der Waals surface area contributed by atoms with Crippen molar-refractivity contribution in [3.8, 4) is 0 Å². The second-order valence-corrected chi connectivity index (χ2v) is 10.2. The zero-order valence-electron chi connectivity index (χ0n) is 19.4. The molecule has 2 atom stereocenters. The van der Waals surface area contributed by atoms with Crippen LogP contribution in [0.1, 0.15) is 120 Å². The average molecular weight is 369 g/mol. The highest BCUT2D eigenvalue weighted by Crippen LogP contribution is 2.45. The Morgan fingerprint density at radius 3 is 1.65 bits per heavy atom. The van der Waals surface area contributed by atoms with Crippen LogP contribution in [-0.2, 0) is 9.53 Å². The van der Waals surface area contributed by atoms with Gasteiger partial charge in [0.25, 0.3) is 0 Å². The molecule has 0 saturated carbocycles. The van der Waals surface area contributed by atoms with Crippen molar-refractivity contribution >= 4 is 5.97 Å². The Morgan fingerprint density at radius 1 is 0.846 bits per heavy atom. The van der Waals surface area contributed by atoms with E-state index in [4.69, 9.17) is 4.74 Å². The molecule has 0 rings (SSSR count). The number of rotatable bonds is 13. The fourth-order valence-electron chi connectivity index (χ4n) is 4.04. The molecule has 0 aliphatic carbocycles. The minimum absolute atomic E-state index is 0.0171. The second-order valence-electron chi connectivity index (χ2n) is 10.2. The Labute approximate surface area is 164 Å². The zero-order chi connectivity index (χ0) is 20.4. The molecule has 0 aliphatic rings. The zero-order valence-corrected chi connectivity index (χ0v) is 19.4. The Bertz CT molecular complexity index is 370. The third-order valence-electron chi connectivity index (χ3n) is 6.12. The van der Waals surface area contributed by atoms with E-state index in [0.717, 1.165) is 19.3 Å². The van der Waals surface area contributed by atoms with Gasteiger partial charge >= 0.3 is 5.97 Å². The van der Waals surface area contributed by atoms with Crippen molar-refractivity contribution in [3.63, 3.8) is 0 Å². The first-order valence-corrected chi connectivity index (χ1v) is 11.2. The SMILES string of the molecule is CCCCCC(CCCCC)OC(=O)C(C)C(C)(CC(C)(C)C)C(C)C. The topological polar surface area (TPSA) is 26.3 Å². The van der Waals surface area contributed by atoms with Gasteiger partial charge in [-0.05, 0) is 48.9 Å². The van der Waals surface area contributed by atoms with E-state index in [-0.39, 0.29) is 28.8 Å². The van der Waals surface area contributed by atoms with E-state index in [2.05, 4.69) is 62.3 Å². The summed E-state index contributed by atoms with van der Waals surface area (Å²) in [6, 6.07) is 0. The summed E-state index contributed by atoms with van der Waals surface area (Å²) >= 11 is 0. The predicted molar refractivity (Wildman–Crippen MR) is 114 cm³/mol. The number of ether oxygens (including phenoxy) is 1. The Hall–Kier alpha value is -0.530. The lowest BCUT2D eigenvalue weighted by Crippen LogP contribution is -2.41. The first-order chi connectivity index (χ1) is 12.0. The van der Waals surface area contributed by atoms with Gasteiger partial charge in [0.1, 0.15) is 6.10 Å². The van der Waals surface area contributed by atoms with Crippen LogP contribution in [0.15, 0.2) is 0 Å². The summed E-state index contributed by atoms with van der Waals surface area (Å²) in [5.74, 6) is 0.396. The highest BCUT2D eigenvalue weighted by molar-refractivity contribution is 5.73. The monoisotopic (exact) mass is 368 g/mol. The Kier molecular flexibility index (Phi) is 11.8. The van der Waals surface area contributed by atoms with Crippen molar-refractivity contribution < 1.29 is 9.53 Å². The lowest BCUT2D eigenvalue weighted by atomic mass is 9.62. The standard InChI is InChI=1S/C24H48O2/c1-10-12-14-16-21(17-15-13-11-2)26-22(25)20(5)24(9,19(3)4)18-23(6,7)8/h19-21H,10-18H2,1-9H3. The minimum atomic E-state index is -0.0680. The summed E-state index contributed by atoms with van der Waals surface area (Å²) in [5.41, 5.74) is 0.169. The minimum Gasteiger partial charge on any atom is -0.462 e. The van der Waals surface area contributed by atoms with Gasteiger partial charge in [-0.2, -0.15) is 0 Å². The van der Waals surface area contributed by atoms with E-state index in [1.165, 1.54) is 38.5 Å². The molecular weight excluding hydrogens is 320 g/mol. The molecule has 0 radical (unpaired) electrons. The first-order valence-electron chi connectivity index (χ1n) is 11.2. The highest BCUT2D eigenvalue weighted by atomic mass is 16.5. The normalized spacial score (nSPS) is 16.0. The van der Waals surface area contributed by atoms with E-state index >= 15 is 0 Å². The van der Waals surface area contributed by atoms with Gasteiger partial charge in [-0.15, -0.1) is 0 Å². The maximum Gasteiger partial charge on any atom is 0.309 e. The quantitative estimate of drug-likeness (QED) is 0.245. The van der Waals surface area contributed by atoms with E-state index in [1.807, 2.05) is 0 Å². The molecule has 0 aromatic heterocycles. The van der Waals surface area contributed by atoms with Crippen LogP contribution in [0.25, 0.3) is 0 Å². The summed E-state index contributed by atoms with van der Waals surface area (Å²) in [6.45, 7) is 20.1. The molecule has 0 spiro atoms. The van der Waals surface area contributed by atoms with Gasteiger partial charge in [0.2, 0.25) is 0 Å². The van der Waals surface area contributed by atoms with E-state index in [0.29, 0.717) is 5.92 Å². The molecule has 0 aliphatic heterocycles. The van der Waals surface area contributed by atoms with Gasteiger partial charge in [-0.1, -0.05) is 88.0 Å². The number of esters is 1. The van der Waals surface area contributed by atoms with Gasteiger partial charge in [0.05, 0.1) is 5.92 Å². The van der Waals surface area contributed by atoms with Crippen LogP contribution in [-0.4, -0.2) is 12.1 Å². The molecule has 2 unspecified atom stereocenters. The van der Waals surface area contributed by atoms with Crippen molar-refractivity contribution in [2.24, 2.45) is 22.7 Å². The van der Waals surface area contributed by atoms with Crippen molar-refractivity contribution in [1.29, 1.82) is 0 Å². The van der Waals surface area contributed by atoms with Gasteiger partial charge < -0.3 is 4.74 Å². The van der Waals surface area contributed by atoms with E-state index in [1.54, 1.807) is 0 Å². The lowest BCUT2D eigenvalue weighted by molar-refractivity contribution is -0.161. The van der Waals surface area contributed by atoms with Crippen LogP contribution in [0.4, 0.5) is 0 Å². The van der Waals surface area contributed by atoms with Crippen molar-refractivity contribution in [2.45, 2.75) is 126 Å². The van der Waals surface area contributed by atoms with E-state index < -0.39 is 0 Å². The van der Waals surface area contributed by atoms with Crippen molar-refractivity contribution in [2.75, 3.05) is 0 Å². The van der Waals surface area contributed by atoms with Gasteiger partial charge in [-0.3, -0.25) is 4.79 Å². The highest BCUT2D eigenvalue weighted by Gasteiger charge is 2.42. The average Bonchev–Trinajstić information content (AvgIpc) is 2.52. The van der Waals surface area contributed by atoms with Gasteiger partial charge in [-0.25, -0.2) is 0 Å². The second kappa shape index (κ2) is 12.0.